The lowest BCUT2D eigenvalue weighted by Crippen LogP contribution is -1.99. The summed E-state index contributed by atoms with van der Waals surface area (Å²) in [5, 5.41) is 14.3. The maximum Gasteiger partial charge on any atom is 0.161 e. The first-order chi connectivity index (χ1) is 9.65. The number of benzene rings is 2. The van der Waals surface area contributed by atoms with Crippen LogP contribution in [0.4, 0.5) is 11.5 Å². The summed E-state index contributed by atoms with van der Waals surface area (Å²) >= 11 is 14.2. The Hall–Kier alpha value is -1.11. The van der Waals surface area contributed by atoms with Crippen LogP contribution in [0.2, 0.25) is 10.2 Å². The van der Waals surface area contributed by atoms with Crippen LogP contribution in [0.25, 0.3) is 10.8 Å². The summed E-state index contributed by atoms with van der Waals surface area (Å²) in [6.07, 6.45) is 0. The summed E-state index contributed by atoms with van der Waals surface area (Å²) in [7, 11) is 0. The molecule has 0 aliphatic carbocycles. The van der Waals surface area contributed by atoms with Crippen LogP contribution in [0, 0.1) is 3.57 Å². The summed E-state index contributed by atoms with van der Waals surface area (Å²) in [4.78, 5) is 0. The van der Waals surface area contributed by atoms with Crippen LogP contribution in [-0.4, -0.2) is 10.2 Å². The Morgan fingerprint density at radius 2 is 1.70 bits per heavy atom. The summed E-state index contributed by atoms with van der Waals surface area (Å²) in [6, 6.07) is 13.4. The molecule has 0 aliphatic heterocycles. The number of hydrogen-bond donors (Lipinski definition) is 1. The third-order valence-corrected chi connectivity index (χ3v) is 4.23. The molecule has 0 radical (unpaired) electrons. The second-order valence-electron chi connectivity index (χ2n) is 4.13. The number of halogens is 3. The van der Waals surface area contributed by atoms with Crippen molar-refractivity contribution in [3.63, 3.8) is 0 Å². The molecule has 0 atom stereocenters. The van der Waals surface area contributed by atoms with Gasteiger partial charge in [0.15, 0.2) is 11.0 Å². The molecule has 0 aliphatic rings. The van der Waals surface area contributed by atoms with Gasteiger partial charge in [-0.25, -0.2) is 0 Å². The first-order valence-electron chi connectivity index (χ1n) is 5.78. The Kier molecular flexibility index (Phi) is 3.96. The van der Waals surface area contributed by atoms with E-state index in [0.29, 0.717) is 16.0 Å². The summed E-state index contributed by atoms with van der Waals surface area (Å²) in [5.41, 5.74) is 0.928. The number of hydrogen-bond acceptors (Lipinski definition) is 3. The number of nitrogens with zero attached hydrogens (tertiary/aromatic N) is 2. The minimum absolute atomic E-state index is 0.400. The van der Waals surface area contributed by atoms with Gasteiger partial charge in [0.1, 0.15) is 0 Å². The number of rotatable bonds is 2. The van der Waals surface area contributed by atoms with Crippen molar-refractivity contribution in [3.8, 4) is 0 Å². The van der Waals surface area contributed by atoms with Gasteiger partial charge in [0.2, 0.25) is 0 Å². The highest BCUT2D eigenvalue weighted by molar-refractivity contribution is 14.1. The maximum atomic E-state index is 6.06. The summed E-state index contributed by atoms with van der Waals surface area (Å²) in [5.74, 6) is 0.672. The molecule has 3 aromatic rings. The van der Waals surface area contributed by atoms with Crippen LogP contribution in [0.5, 0.6) is 0 Å². The van der Waals surface area contributed by atoms with Crippen molar-refractivity contribution in [2.45, 2.75) is 0 Å². The van der Waals surface area contributed by atoms with E-state index in [2.05, 4.69) is 38.1 Å². The molecule has 3 nitrogen and oxygen atoms in total. The average molecular weight is 416 g/mol. The number of anilines is 2. The zero-order chi connectivity index (χ0) is 14.1. The van der Waals surface area contributed by atoms with Crippen molar-refractivity contribution in [3.05, 3.63) is 56.2 Å². The highest BCUT2D eigenvalue weighted by Gasteiger charge is 2.09. The fourth-order valence-electron chi connectivity index (χ4n) is 1.88. The molecule has 20 heavy (non-hydrogen) atoms. The van der Waals surface area contributed by atoms with Gasteiger partial charge in [-0.2, -0.15) is 0 Å². The fourth-order valence-corrected chi connectivity index (χ4v) is 3.09. The van der Waals surface area contributed by atoms with Gasteiger partial charge in [-0.1, -0.05) is 47.5 Å². The SMILES string of the molecule is Clc1ccc(Nc2nnc(Cl)c3ccccc23)c(I)c1. The van der Waals surface area contributed by atoms with Crippen molar-refractivity contribution in [2.24, 2.45) is 0 Å². The molecule has 0 unspecified atom stereocenters. The first kappa shape index (κ1) is 13.9. The molecule has 2 aromatic carbocycles. The molecule has 0 saturated heterocycles. The zero-order valence-electron chi connectivity index (χ0n) is 10.1. The van der Waals surface area contributed by atoms with Gasteiger partial charge in [0.05, 0.1) is 5.69 Å². The number of aromatic nitrogens is 2. The van der Waals surface area contributed by atoms with E-state index in [0.717, 1.165) is 20.0 Å². The van der Waals surface area contributed by atoms with Crippen LogP contribution in [-0.2, 0) is 0 Å². The van der Waals surface area contributed by atoms with Gasteiger partial charge in [0, 0.05) is 19.4 Å². The fraction of sp³-hybridized carbons (Fsp3) is 0. The Labute approximate surface area is 139 Å². The molecule has 6 heteroatoms. The van der Waals surface area contributed by atoms with Crippen LogP contribution < -0.4 is 5.32 Å². The molecular formula is C14H8Cl2IN3. The van der Waals surface area contributed by atoms with E-state index in [1.54, 1.807) is 0 Å². The van der Waals surface area contributed by atoms with E-state index < -0.39 is 0 Å². The molecular weight excluding hydrogens is 408 g/mol. The smallest absolute Gasteiger partial charge is 0.161 e. The highest BCUT2D eigenvalue weighted by Crippen LogP contribution is 2.30. The number of nitrogens with one attached hydrogen (secondary N) is 1. The molecule has 100 valence electrons. The Balaban J connectivity index is 2.09. The molecule has 0 spiro atoms. The lowest BCUT2D eigenvalue weighted by atomic mass is 10.2. The molecule has 3 rings (SSSR count). The topological polar surface area (TPSA) is 37.8 Å². The third kappa shape index (κ3) is 2.68. The predicted molar refractivity (Wildman–Crippen MR) is 92.0 cm³/mol. The van der Waals surface area contributed by atoms with E-state index in [1.165, 1.54) is 0 Å². The van der Waals surface area contributed by atoms with E-state index >= 15 is 0 Å². The van der Waals surface area contributed by atoms with Crippen molar-refractivity contribution < 1.29 is 0 Å². The Bertz CT molecular complexity index is 792. The monoisotopic (exact) mass is 415 g/mol. The van der Waals surface area contributed by atoms with Crippen LogP contribution >= 0.6 is 45.8 Å². The van der Waals surface area contributed by atoms with Crippen molar-refractivity contribution >= 4 is 68.1 Å². The quantitative estimate of drug-likeness (QED) is 0.578. The van der Waals surface area contributed by atoms with Crippen LogP contribution in [0.15, 0.2) is 42.5 Å². The highest BCUT2D eigenvalue weighted by atomic mass is 127. The summed E-state index contributed by atoms with van der Waals surface area (Å²) in [6.45, 7) is 0. The minimum atomic E-state index is 0.400. The van der Waals surface area contributed by atoms with E-state index in [4.69, 9.17) is 23.2 Å². The molecule has 1 heterocycles. The van der Waals surface area contributed by atoms with Crippen molar-refractivity contribution in [2.75, 3.05) is 5.32 Å². The van der Waals surface area contributed by atoms with Gasteiger partial charge in [0.25, 0.3) is 0 Å². The standard InChI is InChI=1S/C14H8Cl2IN3/c15-8-5-6-12(11(17)7-8)18-14-10-4-2-1-3-9(10)13(16)19-20-14/h1-7H,(H,18,20). The van der Waals surface area contributed by atoms with Gasteiger partial charge in [-0.15, -0.1) is 10.2 Å². The Morgan fingerprint density at radius 3 is 2.45 bits per heavy atom. The number of fused-ring (bicyclic) bond motifs is 1. The van der Waals surface area contributed by atoms with Crippen LogP contribution in [0.3, 0.4) is 0 Å². The third-order valence-electron chi connectivity index (χ3n) is 2.83. The summed E-state index contributed by atoms with van der Waals surface area (Å²) < 4.78 is 1.01. The second-order valence-corrected chi connectivity index (χ2v) is 6.09. The Morgan fingerprint density at radius 1 is 0.950 bits per heavy atom. The average Bonchev–Trinajstić information content (AvgIpc) is 2.45. The molecule has 0 bridgehead atoms. The molecule has 1 aromatic heterocycles. The maximum absolute atomic E-state index is 6.06. The van der Waals surface area contributed by atoms with E-state index in [9.17, 15) is 0 Å². The normalized spacial score (nSPS) is 10.8. The molecule has 1 N–H and O–H groups in total. The zero-order valence-corrected chi connectivity index (χ0v) is 13.7. The van der Waals surface area contributed by atoms with Gasteiger partial charge in [-0.05, 0) is 40.8 Å². The predicted octanol–water partition coefficient (Wildman–Crippen LogP) is 5.28. The first-order valence-corrected chi connectivity index (χ1v) is 7.61. The largest absolute Gasteiger partial charge is 0.337 e. The lowest BCUT2D eigenvalue weighted by Gasteiger charge is -2.10. The minimum Gasteiger partial charge on any atom is -0.337 e. The van der Waals surface area contributed by atoms with Crippen molar-refractivity contribution in [1.29, 1.82) is 0 Å². The van der Waals surface area contributed by atoms with Crippen LogP contribution in [0.1, 0.15) is 0 Å². The van der Waals surface area contributed by atoms with Crippen molar-refractivity contribution in [1.82, 2.24) is 10.2 Å². The van der Waals surface area contributed by atoms with Gasteiger partial charge in [-0.3, -0.25) is 0 Å². The van der Waals surface area contributed by atoms with E-state index in [-0.39, 0.29) is 0 Å². The van der Waals surface area contributed by atoms with Gasteiger partial charge < -0.3 is 5.32 Å². The van der Waals surface area contributed by atoms with E-state index in [1.807, 2.05) is 42.5 Å². The molecule has 0 fully saturated rings. The lowest BCUT2D eigenvalue weighted by molar-refractivity contribution is 1.05. The second kappa shape index (κ2) is 5.71. The van der Waals surface area contributed by atoms with Gasteiger partial charge >= 0.3 is 0 Å². The molecule has 0 amide bonds. The molecule has 0 saturated carbocycles.